The molecule has 1 amide bonds. The van der Waals surface area contributed by atoms with E-state index in [1.54, 1.807) is 12.1 Å². The number of nitrogens with one attached hydrogen (secondary N) is 2. The van der Waals surface area contributed by atoms with Gasteiger partial charge in [0.2, 0.25) is 5.91 Å². The fourth-order valence-corrected chi connectivity index (χ4v) is 3.21. The highest BCUT2D eigenvalue weighted by Gasteiger charge is 2.05. The van der Waals surface area contributed by atoms with Crippen LogP contribution in [0.5, 0.6) is 5.75 Å². The smallest absolute Gasteiger partial charge is 0.240 e. The number of nitrogens with zero attached hydrogens (tertiary/aromatic N) is 1. The zero-order chi connectivity index (χ0) is 17.4. The van der Waals surface area contributed by atoms with E-state index in [9.17, 15) is 9.90 Å². The van der Waals surface area contributed by atoms with Gasteiger partial charge in [0.25, 0.3) is 0 Å². The minimum atomic E-state index is -0.172. The van der Waals surface area contributed by atoms with Crippen LogP contribution in [0.4, 0.5) is 5.69 Å². The van der Waals surface area contributed by atoms with E-state index in [0.29, 0.717) is 29.4 Å². The topological polar surface area (TPSA) is 73.7 Å². The third kappa shape index (κ3) is 5.98. The van der Waals surface area contributed by atoms with Gasteiger partial charge < -0.3 is 10.4 Å². The minimum absolute atomic E-state index is 0.0725. The van der Waals surface area contributed by atoms with Gasteiger partial charge in [0.1, 0.15) is 5.75 Å². The lowest BCUT2D eigenvalue weighted by atomic mass is 10.2. The van der Waals surface area contributed by atoms with Crippen molar-refractivity contribution in [3.8, 4) is 5.75 Å². The van der Waals surface area contributed by atoms with Gasteiger partial charge in [0, 0.05) is 28.7 Å². The predicted molar refractivity (Wildman–Crippen MR) is 103 cm³/mol. The van der Waals surface area contributed by atoms with E-state index in [2.05, 4.69) is 47.7 Å². The number of benzene rings is 2. The molecule has 0 aromatic heterocycles. The Kier molecular flexibility index (Phi) is 7.27. The van der Waals surface area contributed by atoms with E-state index in [4.69, 9.17) is 0 Å². The lowest BCUT2D eigenvalue weighted by Crippen LogP contribution is -2.18. The first kappa shape index (κ1) is 18.5. The average Bonchev–Trinajstić information content (AvgIpc) is 2.57. The number of hydrogen-bond acceptors (Lipinski definition) is 4. The summed E-state index contributed by atoms with van der Waals surface area (Å²) < 4.78 is 1.35. The molecule has 24 heavy (non-hydrogen) atoms. The van der Waals surface area contributed by atoms with Gasteiger partial charge in [-0.2, -0.15) is 5.10 Å². The molecule has 0 aliphatic heterocycles. The molecule has 5 nitrogen and oxygen atoms in total. The molecule has 0 aliphatic rings. The van der Waals surface area contributed by atoms with Gasteiger partial charge in [-0.1, -0.05) is 34.1 Å². The molecule has 7 heteroatoms. The number of hydrazone groups is 1. The van der Waals surface area contributed by atoms with E-state index in [0.717, 1.165) is 10.2 Å². The minimum Gasteiger partial charge on any atom is -0.506 e. The van der Waals surface area contributed by atoms with Crippen LogP contribution in [0.3, 0.4) is 0 Å². The molecule has 0 fully saturated rings. The van der Waals surface area contributed by atoms with Crippen molar-refractivity contribution < 1.29 is 9.90 Å². The first-order valence-corrected chi connectivity index (χ1v) is 8.93. The predicted octanol–water partition coefficient (Wildman–Crippen LogP) is 4.26. The lowest BCUT2D eigenvalue weighted by Gasteiger charge is -2.05. The van der Waals surface area contributed by atoms with Gasteiger partial charge in [-0.05, 0) is 46.6 Å². The largest absolute Gasteiger partial charge is 0.506 e. The SMILES string of the molecule is O=C(CCCNc1ccccc1)N/N=C\c1cc(Br)cc(Br)c1O. The molecule has 3 N–H and O–H groups in total. The quantitative estimate of drug-likeness (QED) is 0.332. The summed E-state index contributed by atoms with van der Waals surface area (Å²) in [5, 5.41) is 17.0. The van der Waals surface area contributed by atoms with E-state index in [-0.39, 0.29) is 11.7 Å². The summed E-state index contributed by atoms with van der Waals surface area (Å²) >= 11 is 6.58. The second-order valence-electron chi connectivity index (χ2n) is 5.01. The third-order valence-corrected chi connectivity index (χ3v) is 4.20. The van der Waals surface area contributed by atoms with E-state index >= 15 is 0 Å². The molecule has 126 valence electrons. The van der Waals surface area contributed by atoms with Gasteiger partial charge in [0.05, 0.1) is 10.7 Å². The molecule has 0 saturated carbocycles. The van der Waals surface area contributed by atoms with Crippen molar-refractivity contribution in [3.05, 3.63) is 57.0 Å². The fourth-order valence-electron chi connectivity index (χ4n) is 1.95. The number of halogens is 2. The Morgan fingerprint density at radius 3 is 2.71 bits per heavy atom. The van der Waals surface area contributed by atoms with Gasteiger partial charge in [-0.25, -0.2) is 5.43 Å². The average molecular weight is 455 g/mol. The summed E-state index contributed by atoms with van der Waals surface area (Å²) in [6.45, 7) is 0.709. The normalized spacial score (nSPS) is 10.8. The first-order valence-electron chi connectivity index (χ1n) is 7.35. The van der Waals surface area contributed by atoms with Crippen molar-refractivity contribution in [2.75, 3.05) is 11.9 Å². The van der Waals surface area contributed by atoms with Crippen LogP contribution in [-0.2, 0) is 4.79 Å². The van der Waals surface area contributed by atoms with E-state index in [1.165, 1.54) is 6.21 Å². The summed E-state index contributed by atoms with van der Waals surface area (Å²) in [5.74, 6) is -0.0991. The molecule has 0 saturated heterocycles. The molecular weight excluding hydrogens is 438 g/mol. The Balaban J connectivity index is 1.73. The monoisotopic (exact) mass is 453 g/mol. The van der Waals surface area contributed by atoms with Crippen LogP contribution in [-0.4, -0.2) is 23.8 Å². The van der Waals surface area contributed by atoms with Crippen molar-refractivity contribution in [2.45, 2.75) is 12.8 Å². The number of carbonyl (C=O) groups is 1. The molecule has 0 heterocycles. The first-order chi connectivity index (χ1) is 11.6. The van der Waals surface area contributed by atoms with Gasteiger partial charge >= 0.3 is 0 Å². The summed E-state index contributed by atoms with van der Waals surface area (Å²) in [6, 6.07) is 13.3. The number of carbonyl (C=O) groups excluding carboxylic acids is 1. The Morgan fingerprint density at radius 2 is 1.96 bits per heavy atom. The summed E-state index contributed by atoms with van der Waals surface area (Å²) in [7, 11) is 0. The van der Waals surface area contributed by atoms with Crippen LogP contribution >= 0.6 is 31.9 Å². The Bertz CT molecular complexity index is 721. The lowest BCUT2D eigenvalue weighted by molar-refractivity contribution is -0.121. The third-order valence-electron chi connectivity index (χ3n) is 3.13. The summed E-state index contributed by atoms with van der Waals surface area (Å²) in [5.41, 5.74) is 3.99. The maximum atomic E-state index is 11.7. The maximum absolute atomic E-state index is 11.7. The molecular formula is C17H17Br2N3O2. The van der Waals surface area contributed by atoms with Gasteiger partial charge in [0.15, 0.2) is 0 Å². The van der Waals surface area contributed by atoms with Crippen LogP contribution in [0.2, 0.25) is 0 Å². The van der Waals surface area contributed by atoms with Crippen LogP contribution in [0.15, 0.2) is 56.5 Å². The standard InChI is InChI=1S/C17H17Br2N3O2/c18-13-9-12(17(24)15(19)10-13)11-21-22-16(23)7-4-8-20-14-5-2-1-3-6-14/h1-3,5-6,9-11,20,24H,4,7-8H2,(H,22,23)/b21-11-. The Morgan fingerprint density at radius 1 is 1.21 bits per heavy atom. The molecule has 0 atom stereocenters. The van der Waals surface area contributed by atoms with Crippen molar-refractivity contribution in [1.82, 2.24) is 5.43 Å². The summed E-state index contributed by atoms with van der Waals surface area (Å²) in [4.78, 5) is 11.7. The van der Waals surface area contributed by atoms with Crippen LogP contribution < -0.4 is 10.7 Å². The number of amides is 1. The van der Waals surface area contributed by atoms with Crippen molar-refractivity contribution in [3.63, 3.8) is 0 Å². The zero-order valence-corrected chi connectivity index (χ0v) is 16.0. The Hall–Kier alpha value is -1.86. The number of aromatic hydroxyl groups is 1. The number of rotatable bonds is 7. The van der Waals surface area contributed by atoms with Crippen molar-refractivity contribution >= 4 is 49.7 Å². The molecule has 0 aliphatic carbocycles. The van der Waals surface area contributed by atoms with Crippen molar-refractivity contribution in [1.29, 1.82) is 0 Å². The van der Waals surface area contributed by atoms with E-state index < -0.39 is 0 Å². The zero-order valence-electron chi connectivity index (χ0n) is 12.8. The fraction of sp³-hybridized carbons (Fsp3) is 0.176. The maximum Gasteiger partial charge on any atom is 0.240 e. The highest BCUT2D eigenvalue weighted by molar-refractivity contribution is 9.11. The van der Waals surface area contributed by atoms with Crippen LogP contribution in [0.1, 0.15) is 18.4 Å². The molecule has 0 spiro atoms. The molecule has 2 aromatic rings. The number of phenols is 1. The highest BCUT2D eigenvalue weighted by atomic mass is 79.9. The van der Waals surface area contributed by atoms with E-state index in [1.807, 2.05) is 30.3 Å². The van der Waals surface area contributed by atoms with Crippen LogP contribution in [0.25, 0.3) is 0 Å². The second-order valence-corrected chi connectivity index (χ2v) is 6.78. The number of phenolic OH excluding ortho intramolecular Hbond substituents is 1. The number of hydrogen-bond donors (Lipinski definition) is 3. The number of anilines is 1. The Labute approximate surface area is 157 Å². The number of para-hydroxylation sites is 1. The highest BCUT2D eigenvalue weighted by Crippen LogP contribution is 2.30. The molecule has 0 radical (unpaired) electrons. The van der Waals surface area contributed by atoms with Crippen LogP contribution in [0, 0.1) is 0 Å². The second kappa shape index (κ2) is 9.44. The molecule has 2 rings (SSSR count). The molecule has 0 bridgehead atoms. The van der Waals surface area contributed by atoms with Crippen molar-refractivity contribution in [2.24, 2.45) is 5.10 Å². The van der Waals surface area contributed by atoms with Gasteiger partial charge in [-0.15, -0.1) is 0 Å². The molecule has 0 unspecified atom stereocenters. The summed E-state index contributed by atoms with van der Waals surface area (Å²) in [6.07, 6.45) is 2.47. The van der Waals surface area contributed by atoms with Gasteiger partial charge in [-0.3, -0.25) is 4.79 Å². The molecule has 2 aromatic carbocycles.